The van der Waals surface area contributed by atoms with E-state index in [2.05, 4.69) is 38.8 Å². The Kier molecular flexibility index (Phi) is 10.6. The first kappa shape index (κ1) is 37.5. The number of hydrogen-bond donors (Lipinski definition) is 1. The average Bonchev–Trinajstić information content (AvgIpc) is 3.26. The zero-order valence-electron chi connectivity index (χ0n) is 31.1. The maximum atomic E-state index is 13.6. The van der Waals surface area contributed by atoms with Gasteiger partial charge in [-0.2, -0.15) is 0 Å². The number of allylic oxidation sites excluding steroid dienone is 5. The minimum atomic E-state index is -3.97. The van der Waals surface area contributed by atoms with Crippen LogP contribution in [0.5, 0.6) is 5.75 Å². The highest BCUT2D eigenvalue weighted by molar-refractivity contribution is 7.90. The normalized spacial score (nSPS) is 35.9. The Bertz CT molecular complexity index is 1760. The first-order chi connectivity index (χ1) is 24.8. The van der Waals surface area contributed by atoms with E-state index in [4.69, 9.17) is 21.1 Å². The topological polar surface area (TPSA) is 108 Å². The van der Waals surface area contributed by atoms with Crippen LogP contribution in [0.2, 0.25) is 0 Å². The van der Waals surface area contributed by atoms with Crippen LogP contribution in [-0.2, 0) is 19.6 Å². The number of likely N-dealkylation sites (N-methyl/N-ethyl adjacent to an activating group) is 1. The van der Waals surface area contributed by atoms with Crippen molar-refractivity contribution in [1.29, 1.82) is 0 Å². The van der Waals surface area contributed by atoms with E-state index in [1.54, 1.807) is 25.0 Å². The third-order valence-corrected chi connectivity index (χ3v) is 15.6. The summed E-state index contributed by atoms with van der Waals surface area (Å²) in [6.45, 7) is 8.31. The van der Waals surface area contributed by atoms with Crippen LogP contribution in [0.3, 0.4) is 0 Å². The predicted octanol–water partition coefficient (Wildman–Crippen LogP) is 5.74. The fourth-order valence-electron chi connectivity index (χ4n) is 9.73. The van der Waals surface area contributed by atoms with Crippen molar-refractivity contribution in [3.05, 3.63) is 58.7 Å². The third kappa shape index (κ3) is 7.19. The molecule has 3 aliphatic heterocycles. The summed E-state index contributed by atoms with van der Waals surface area (Å²) in [7, 11) is -0.312. The van der Waals surface area contributed by atoms with Gasteiger partial charge in [0, 0.05) is 62.9 Å². The Labute approximate surface area is 314 Å². The number of methoxy groups -OCH3 is 1. The van der Waals surface area contributed by atoms with Crippen LogP contribution >= 0.6 is 11.6 Å². The number of fused-ring (bicyclic) bond motifs is 4. The minimum Gasteiger partial charge on any atom is -0.491 e. The lowest BCUT2D eigenvalue weighted by atomic mass is 9.61. The molecule has 2 bridgehead atoms. The molecule has 2 saturated carbocycles. The number of ether oxygens (including phenoxy) is 2. The molecule has 1 aromatic rings. The summed E-state index contributed by atoms with van der Waals surface area (Å²) in [5.74, 6) is 0.809. The number of hydrogen-bond acceptors (Lipinski definition) is 8. The first-order valence-electron chi connectivity index (χ1n) is 19.2. The van der Waals surface area contributed by atoms with Crippen molar-refractivity contribution in [3.8, 4) is 5.75 Å². The number of benzene rings is 1. The van der Waals surface area contributed by atoms with Crippen LogP contribution < -0.4 is 14.4 Å². The SMILES string of the molecule is CO[C@@]1(CCN2CCN(C)C(=O)C2)/C=C/C[C@H](C)[C@@H](C)S(=O)(=O)NC(=O)c2ccc3c(c2)N(C[C@@H]2CC[C@H]21)C[C@@]1(CCCC2=CC(Cl)=CCC21)CO3. The smallest absolute Gasteiger partial charge is 0.264 e. The summed E-state index contributed by atoms with van der Waals surface area (Å²) in [6, 6.07) is 5.35. The maximum Gasteiger partial charge on any atom is 0.264 e. The van der Waals surface area contributed by atoms with Gasteiger partial charge in [0.2, 0.25) is 15.9 Å². The molecule has 7 rings (SSSR count). The van der Waals surface area contributed by atoms with Crippen molar-refractivity contribution in [2.24, 2.45) is 29.1 Å². The van der Waals surface area contributed by atoms with E-state index in [1.165, 1.54) is 5.57 Å². The van der Waals surface area contributed by atoms with Gasteiger partial charge in [-0.3, -0.25) is 14.5 Å². The summed E-state index contributed by atoms with van der Waals surface area (Å²) in [5.41, 5.74) is 1.79. The molecule has 0 aromatic heterocycles. The number of nitrogens with one attached hydrogen (secondary N) is 1. The first-order valence-corrected chi connectivity index (χ1v) is 21.1. The van der Waals surface area contributed by atoms with Crippen molar-refractivity contribution in [2.75, 3.05) is 64.9 Å². The van der Waals surface area contributed by atoms with Gasteiger partial charge >= 0.3 is 0 Å². The lowest BCUT2D eigenvalue weighted by Gasteiger charge is -2.52. The molecular weight excluding hydrogens is 700 g/mol. The maximum absolute atomic E-state index is 13.6. The number of sulfonamides is 1. The fraction of sp³-hybridized carbons (Fsp3) is 0.650. The second-order valence-corrected chi connectivity index (χ2v) is 18.9. The Morgan fingerprint density at radius 3 is 2.71 bits per heavy atom. The van der Waals surface area contributed by atoms with Gasteiger partial charge in [-0.25, -0.2) is 13.1 Å². The summed E-state index contributed by atoms with van der Waals surface area (Å²) < 4.78 is 42.8. The Balaban J connectivity index is 1.27. The van der Waals surface area contributed by atoms with Crippen LogP contribution in [0.4, 0.5) is 5.69 Å². The van der Waals surface area contributed by atoms with Gasteiger partial charge < -0.3 is 19.3 Å². The lowest BCUT2D eigenvalue weighted by molar-refractivity contribution is -0.135. The fourth-order valence-corrected chi connectivity index (χ4v) is 11.2. The minimum absolute atomic E-state index is 0.135. The van der Waals surface area contributed by atoms with Crippen LogP contribution in [0.1, 0.15) is 75.6 Å². The van der Waals surface area contributed by atoms with E-state index in [9.17, 15) is 18.0 Å². The highest BCUT2D eigenvalue weighted by atomic mass is 35.5. The molecule has 2 amide bonds. The standard InChI is InChI=1S/C40H55ClN4O6S/c1-27-7-5-16-40(50-4,17-18-44-20-19-43(3)37(46)24-44)34-12-9-31(34)23-45-25-39(15-6-8-29-21-32(41)11-13-33(29)39)26-51-36-14-10-30(22-35(36)45)38(47)42-52(48,49)28(27)2/h5,10-11,14,16,21-22,27-28,31,33-34H,6-9,12-13,15,17-20,23-26H2,1-4H3,(H,42,47)/b16-5+/t27-,28+,31-,33?,34+,39-,40+/m0/s1. The Morgan fingerprint density at radius 1 is 1.13 bits per heavy atom. The number of carbonyl (C=O) groups is 2. The molecule has 1 aromatic carbocycles. The van der Waals surface area contributed by atoms with E-state index in [-0.39, 0.29) is 23.2 Å². The molecule has 0 radical (unpaired) electrons. The molecule has 1 unspecified atom stereocenters. The highest BCUT2D eigenvalue weighted by Crippen LogP contribution is 2.53. The monoisotopic (exact) mass is 754 g/mol. The molecule has 1 N–H and O–H groups in total. The number of rotatable bonds is 4. The molecule has 3 fully saturated rings. The van der Waals surface area contributed by atoms with Crippen LogP contribution in [-0.4, -0.2) is 101 Å². The summed E-state index contributed by atoms with van der Waals surface area (Å²) >= 11 is 6.53. The summed E-state index contributed by atoms with van der Waals surface area (Å²) in [5, 5.41) is 0.00791. The van der Waals surface area contributed by atoms with Crippen molar-refractivity contribution < 1.29 is 27.5 Å². The molecule has 284 valence electrons. The van der Waals surface area contributed by atoms with E-state index in [1.807, 2.05) is 26.1 Å². The van der Waals surface area contributed by atoms with E-state index < -0.39 is 26.8 Å². The second kappa shape index (κ2) is 14.8. The van der Waals surface area contributed by atoms with Crippen LogP contribution in [0.25, 0.3) is 0 Å². The molecule has 6 aliphatic rings. The number of halogens is 1. The van der Waals surface area contributed by atoms with E-state index in [0.29, 0.717) is 49.3 Å². The Morgan fingerprint density at radius 2 is 1.96 bits per heavy atom. The van der Waals surface area contributed by atoms with E-state index in [0.717, 1.165) is 81.8 Å². The third-order valence-electron chi connectivity index (χ3n) is 13.5. The molecule has 1 spiro atoms. The molecule has 3 aliphatic carbocycles. The van der Waals surface area contributed by atoms with Crippen LogP contribution in [0.15, 0.2) is 53.1 Å². The highest BCUT2D eigenvalue weighted by Gasteiger charge is 2.51. The molecule has 1 saturated heterocycles. The zero-order chi connectivity index (χ0) is 36.8. The number of piperazine rings is 1. The number of amides is 2. The zero-order valence-corrected chi connectivity index (χ0v) is 32.7. The molecule has 10 nitrogen and oxygen atoms in total. The quantitative estimate of drug-likeness (QED) is 0.388. The van der Waals surface area contributed by atoms with Crippen molar-refractivity contribution in [3.63, 3.8) is 0 Å². The molecule has 52 heavy (non-hydrogen) atoms. The largest absolute Gasteiger partial charge is 0.491 e. The number of nitrogens with zero attached hydrogens (tertiary/aromatic N) is 3. The van der Waals surface area contributed by atoms with Gasteiger partial charge in [-0.05, 0) is 106 Å². The summed E-state index contributed by atoms with van der Waals surface area (Å²) in [6.07, 6.45) is 15.9. The van der Waals surface area contributed by atoms with Crippen LogP contribution in [0, 0.1) is 29.1 Å². The van der Waals surface area contributed by atoms with Gasteiger partial charge in [0.05, 0.1) is 29.7 Å². The van der Waals surface area contributed by atoms with Gasteiger partial charge in [0.1, 0.15) is 5.75 Å². The van der Waals surface area contributed by atoms with Gasteiger partial charge in [0.25, 0.3) is 5.91 Å². The van der Waals surface area contributed by atoms with Crippen molar-refractivity contribution >= 4 is 39.1 Å². The van der Waals surface area contributed by atoms with Gasteiger partial charge in [-0.15, -0.1) is 0 Å². The van der Waals surface area contributed by atoms with Crippen molar-refractivity contribution in [2.45, 2.75) is 76.1 Å². The average molecular weight is 755 g/mol. The lowest BCUT2D eigenvalue weighted by Crippen LogP contribution is -2.55. The van der Waals surface area contributed by atoms with E-state index >= 15 is 0 Å². The number of anilines is 1. The van der Waals surface area contributed by atoms with Gasteiger partial charge in [0.15, 0.2) is 0 Å². The Hall–Kier alpha value is -2.86. The van der Waals surface area contributed by atoms with Gasteiger partial charge in [-0.1, -0.05) is 42.3 Å². The van der Waals surface area contributed by atoms with Crippen molar-refractivity contribution in [1.82, 2.24) is 14.5 Å². The molecular formula is C40H55ClN4O6S. The molecule has 7 atom stereocenters. The molecule has 3 heterocycles. The predicted molar refractivity (Wildman–Crippen MR) is 204 cm³/mol. The molecule has 12 heteroatoms. The number of carbonyl (C=O) groups excluding carboxylic acids is 2. The summed E-state index contributed by atoms with van der Waals surface area (Å²) in [4.78, 5) is 32.7. The second-order valence-electron chi connectivity index (χ2n) is 16.4.